The van der Waals surface area contributed by atoms with Gasteiger partial charge < -0.3 is 5.32 Å². The number of benzene rings is 1. The normalized spacial score (nSPS) is 10.1. The van der Waals surface area contributed by atoms with E-state index < -0.39 is 0 Å². The van der Waals surface area contributed by atoms with E-state index in [1.165, 1.54) is 12.3 Å². The molecule has 22 heavy (non-hydrogen) atoms. The van der Waals surface area contributed by atoms with Crippen molar-refractivity contribution < 1.29 is 9.63 Å². The van der Waals surface area contributed by atoms with Crippen LogP contribution < -0.4 is 10.8 Å². The van der Waals surface area contributed by atoms with Gasteiger partial charge in [-0.2, -0.15) is 0 Å². The number of carbonyl (C=O) groups excluding carboxylic acids is 1. The minimum atomic E-state index is -0.381. The van der Waals surface area contributed by atoms with Crippen molar-refractivity contribution in [2.24, 2.45) is 0 Å². The second-order valence-electron chi connectivity index (χ2n) is 4.20. The first-order valence-corrected chi connectivity index (χ1v) is 7.76. The lowest BCUT2D eigenvalue weighted by Crippen LogP contribution is -2.24. The maximum atomic E-state index is 12.1. The van der Waals surface area contributed by atoms with Gasteiger partial charge in [-0.05, 0) is 46.9 Å². The van der Waals surface area contributed by atoms with Crippen LogP contribution in [0.4, 0.5) is 11.4 Å². The summed E-state index contributed by atoms with van der Waals surface area (Å²) in [6, 6.07) is 7.17. The summed E-state index contributed by atoms with van der Waals surface area (Å²) in [4.78, 5) is 21.1. The Labute approximate surface area is 146 Å². The number of nitrogens with one attached hydrogen (secondary N) is 2. The first-order valence-electron chi connectivity index (χ1n) is 6.31. The van der Waals surface area contributed by atoms with E-state index in [0.29, 0.717) is 22.0 Å². The van der Waals surface area contributed by atoms with Gasteiger partial charge in [0.05, 0.1) is 34.8 Å². The van der Waals surface area contributed by atoms with Gasteiger partial charge in [0.15, 0.2) is 0 Å². The molecular formula is C15H13ClIN3O2. The number of hydrogen-bond donors (Lipinski definition) is 2. The molecule has 0 atom stereocenters. The van der Waals surface area contributed by atoms with Crippen LogP contribution in [0, 0.1) is 3.57 Å². The van der Waals surface area contributed by atoms with Crippen molar-refractivity contribution in [1.82, 2.24) is 10.5 Å². The van der Waals surface area contributed by atoms with E-state index >= 15 is 0 Å². The Morgan fingerprint density at radius 3 is 2.95 bits per heavy atom. The molecule has 0 saturated heterocycles. The summed E-state index contributed by atoms with van der Waals surface area (Å²) in [5.74, 6) is -0.381. The summed E-state index contributed by atoms with van der Waals surface area (Å²) in [5, 5.41) is 3.67. The van der Waals surface area contributed by atoms with Gasteiger partial charge in [-0.1, -0.05) is 17.7 Å². The molecule has 1 amide bonds. The van der Waals surface area contributed by atoms with Crippen LogP contribution in [0.25, 0.3) is 0 Å². The summed E-state index contributed by atoms with van der Waals surface area (Å²) >= 11 is 8.37. The molecule has 5 nitrogen and oxygen atoms in total. The van der Waals surface area contributed by atoms with Crippen LogP contribution in [0.1, 0.15) is 10.4 Å². The molecular weight excluding hydrogens is 417 g/mol. The summed E-state index contributed by atoms with van der Waals surface area (Å²) in [6.07, 6.45) is 4.62. The number of aromatic nitrogens is 1. The number of nitrogens with zero attached hydrogens (tertiary/aromatic N) is 1. The van der Waals surface area contributed by atoms with Gasteiger partial charge in [-0.3, -0.25) is 14.6 Å². The number of pyridine rings is 1. The van der Waals surface area contributed by atoms with Crippen LogP contribution in [0.2, 0.25) is 5.02 Å². The van der Waals surface area contributed by atoms with Gasteiger partial charge in [0.25, 0.3) is 5.91 Å². The van der Waals surface area contributed by atoms with Crippen LogP contribution in [-0.4, -0.2) is 17.5 Å². The maximum absolute atomic E-state index is 12.1. The molecule has 114 valence electrons. The molecule has 2 rings (SSSR count). The van der Waals surface area contributed by atoms with Crippen LogP contribution in [-0.2, 0) is 4.84 Å². The zero-order valence-corrected chi connectivity index (χ0v) is 14.4. The van der Waals surface area contributed by atoms with E-state index in [-0.39, 0.29) is 12.5 Å². The Hall–Kier alpha value is -1.64. The molecule has 0 radical (unpaired) electrons. The Morgan fingerprint density at radius 1 is 1.41 bits per heavy atom. The molecule has 2 N–H and O–H groups in total. The van der Waals surface area contributed by atoms with Crippen LogP contribution >= 0.6 is 34.2 Å². The molecule has 2 aromatic rings. The second-order valence-corrected chi connectivity index (χ2v) is 5.85. The van der Waals surface area contributed by atoms with Gasteiger partial charge in [0, 0.05) is 9.77 Å². The van der Waals surface area contributed by atoms with Gasteiger partial charge in [-0.15, -0.1) is 6.58 Å². The standard InChI is InChI=1S/C15H13ClIN3O2/c1-2-7-22-20-15(21)11-5-6-18-9-14(11)19-13-4-3-10(17)8-12(13)16/h2-6,8-9,19H,1,7H2,(H,20,21). The van der Waals surface area contributed by atoms with Crippen molar-refractivity contribution in [2.45, 2.75) is 0 Å². The Balaban J connectivity index is 2.20. The number of rotatable bonds is 6. The van der Waals surface area contributed by atoms with E-state index in [9.17, 15) is 4.79 Å². The zero-order chi connectivity index (χ0) is 15.9. The third-order valence-electron chi connectivity index (χ3n) is 2.63. The van der Waals surface area contributed by atoms with E-state index in [1.807, 2.05) is 18.2 Å². The minimum absolute atomic E-state index is 0.225. The molecule has 1 aromatic carbocycles. The molecule has 0 aliphatic carbocycles. The lowest BCUT2D eigenvalue weighted by Gasteiger charge is -2.12. The van der Waals surface area contributed by atoms with E-state index in [1.54, 1.807) is 12.3 Å². The fourth-order valence-electron chi connectivity index (χ4n) is 1.65. The number of anilines is 2. The first-order chi connectivity index (χ1) is 10.6. The summed E-state index contributed by atoms with van der Waals surface area (Å²) in [7, 11) is 0. The third kappa shape index (κ3) is 4.43. The molecule has 0 saturated carbocycles. The Bertz CT molecular complexity index is 694. The SMILES string of the molecule is C=CCONC(=O)c1ccncc1Nc1ccc(I)cc1Cl. The molecule has 0 bridgehead atoms. The van der Waals surface area contributed by atoms with Crippen LogP contribution in [0.5, 0.6) is 0 Å². The molecule has 0 unspecified atom stereocenters. The molecule has 1 aromatic heterocycles. The van der Waals surface area contributed by atoms with E-state index in [4.69, 9.17) is 16.4 Å². The van der Waals surface area contributed by atoms with Crippen molar-refractivity contribution in [3.05, 3.63) is 63.5 Å². The molecule has 0 fully saturated rings. The fourth-order valence-corrected chi connectivity index (χ4v) is 2.55. The molecule has 0 spiro atoms. The van der Waals surface area contributed by atoms with Crippen LogP contribution in [0.15, 0.2) is 49.3 Å². The Morgan fingerprint density at radius 2 is 2.23 bits per heavy atom. The monoisotopic (exact) mass is 429 g/mol. The Kier molecular flexibility index (Phi) is 6.17. The highest BCUT2D eigenvalue weighted by atomic mass is 127. The number of hydrogen-bond acceptors (Lipinski definition) is 4. The van der Waals surface area contributed by atoms with Crippen LogP contribution in [0.3, 0.4) is 0 Å². The van der Waals surface area contributed by atoms with E-state index in [0.717, 1.165) is 3.57 Å². The molecule has 7 heteroatoms. The lowest BCUT2D eigenvalue weighted by atomic mass is 10.2. The third-order valence-corrected chi connectivity index (χ3v) is 3.62. The average Bonchev–Trinajstić information content (AvgIpc) is 2.51. The van der Waals surface area contributed by atoms with Gasteiger partial charge in [0.2, 0.25) is 0 Å². The van der Waals surface area contributed by atoms with Gasteiger partial charge >= 0.3 is 0 Å². The topological polar surface area (TPSA) is 63.2 Å². The largest absolute Gasteiger partial charge is 0.352 e. The second kappa shape index (κ2) is 8.11. The predicted molar refractivity (Wildman–Crippen MR) is 95.3 cm³/mol. The maximum Gasteiger partial charge on any atom is 0.277 e. The number of amides is 1. The van der Waals surface area contributed by atoms with Gasteiger partial charge in [0.1, 0.15) is 0 Å². The summed E-state index contributed by atoms with van der Waals surface area (Å²) in [5.41, 5.74) is 3.96. The van der Waals surface area contributed by atoms with Crippen molar-refractivity contribution in [1.29, 1.82) is 0 Å². The predicted octanol–water partition coefficient (Wildman–Crippen LogP) is 3.93. The highest BCUT2D eigenvalue weighted by molar-refractivity contribution is 14.1. The molecule has 0 aliphatic rings. The highest BCUT2D eigenvalue weighted by Crippen LogP contribution is 2.28. The highest BCUT2D eigenvalue weighted by Gasteiger charge is 2.12. The van der Waals surface area contributed by atoms with E-state index in [2.05, 4.69) is 45.0 Å². The molecule has 1 heterocycles. The number of hydroxylamine groups is 1. The smallest absolute Gasteiger partial charge is 0.277 e. The summed E-state index contributed by atoms with van der Waals surface area (Å²) in [6.45, 7) is 3.73. The minimum Gasteiger partial charge on any atom is -0.352 e. The van der Waals surface area contributed by atoms with Crippen molar-refractivity contribution in [2.75, 3.05) is 11.9 Å². The zero-order valence-electron chi connectivity index (χ0n) is 11.5. The number of carbonyl (C=O) groups is 1. The quantitative estimate of drug-likeness (QED) is 0.316. The summed E-state index contributed by atoms with van der Waals surface area (Å²) < 4.78 is 1.02. The van der Waals surface area contributed by atoms with Crippen molar-refractivity contribution in [3.8, 4) is 0 Å². The van der Waals surface area contributed by atoms with Crippen molar-refractivity contribution >= 4 is 51.5 Å². The molecule has 0 aliphatic heterocycles. The average molecular weight is 430 g/mol. The van der Waals surface area contributed by atoms with Gasteiger partial charge in [-0.25, -0.2) is 5.48 Å². The van der Waals surface area contributed by atoms with Crippen molar-refractivity contribution in [3.63, 3.8) is 0 Å². The first kappa shape index (κ1) is 16.7. The lowest BCUT2D eigenvalue weighted by molar-refractivity contribution is 0.0422. The number of halogens is 2. The fraction of sp³-hybridized carbons (Fsp3) is 0.0667.